The van der Waals surface area contributed by atoms with Crippen LogP contribution in [0.15, 0.2) is 28.7 Å². The van der Waals surface area contributed by atoms with Crippen LogP contribution in [0.4, 0.5) is 0 Å². The van der Waals surface area contributed by atoms with Crippen LogP contribution in [0.5, 0.6) is 11.5 Å². The minimum atomic E-state index is 0.104. The molecule has 30 heavy (non-hydrogen) atoms. The van der Waals surface area contributed by atoms with Crippen molar-refractivity contribution < 1.29 is 18.7 Å². The van der Waals surface area contributed by atoms with E-state index in [-0.39, 0.29) is 11.3 Å². The van der Waals surface area contributed by atoms with Crippen molar-refractivity contribution in [3.05, 3.63) is 46.9 Å². The second kappa shape index (κ2) is 8.34. The first-order valence-electron chi connectivity index (χ1n) is 10.7. The molecular weight excluding hydrogens is 380 g/mol. The largest absolute Gasteiger partial charge is 0.493 e. The van der Waals surface area contributed by atoms with Gasteiger partial charge in [-0.3, -0.25) is 9.69 Å². The lowest BCUT2D eigenvalue weighted by molar-refractivity contribution is 0.0672. The number of nitrogens with zero attached hydrogens (tertiary/aromatic N) is 2. The van der Waals surface area contributed by atoms with E-state index in [0.29, 0.717) is 11.3 Å². The Morgan fingerprint density at radius 3 is 2.67 bits per heavy atom. The third kappa shape index (κ3) is 3.93. The van der Waals surface area contributed by atoms with Gasteiger partial charge >= 0.3 is 0 Å². The molecule has 0 saturated carbocycles. The van der Waals surface area contributed by atoms with Crippen molar-refractivity contribution in [3.63, 3.8) is 0 Å². The number of piperidine rings is 1. The number of carbonyl (C=O) groups excluding carboxylic acids is 1. The molecule has 1 amide bonds. The van der Waals surface area contributed by atoms with Crippen LogP contribution < -0.4 is 9.47 Å². The molecule has 2 aliphatic rings. The number of hydrogen-bond donors (Lipinski definition) is 0. The first-order chi connectivity index (χ1) is 14.4. The maximum absolute atomic E-state index is 13.1. The number of rotatable bonds is 5. The highest BCUT2D eigenvalue weighted by Gasteiger charge is 2.43. The Kier molecular flexibility index (Phi) is 5.78. The minimum Gasteiger partial charge on any atom is -0.493 e. The van der Waals surface area contributed by atoms with Gasteiger partial charge < -0.3 is 18.8 Å². The molecule has 0 radical (unpaired) electrons. The number of benzene rings is 1. The molecule has 6 heteroatoms. The van der Waals surface area contributed by atoms with Crippen molar-refractivity contribution in [1.82, 2.24) is 9.80 Å². The molecule has 2 aromatic rings. The fourth-order valence-electron chi connectivity index (χ4n) is 5.22. The van der Waals surface area contributed by atoms with Gasteiger partial charge in [0.2, 0.25) is 0 Å². The number of carbonyl (C=O) groups is 1. The minimum absolute atomic E-state index is 0.104. The molecule has 162 valence electrons. The summed E-state index contributed by atoms with van der Waals surface area (Å²) in [5, 5.41) is 0. The van der Waals surface area contributed by atoms with Gasteiger partial charge in [0.25, 0.3) is 5.91 Å². The van der Waals surface area contributed by atoms with Gasteiger partial charge in [0.1, 0.15) is 11.5 Å². The zero-order valence-electron chi connectivity index (χ0n) is 18.5. The molecule has 3 heterocycles. The van der Waals surface area contributed by atoms with E-state index in [1.165, 1.54) is 6.42 Å². The highest BCUT2D eigenvalue weighted by molar-refractivity contribution is 5.95. The van der Waals surface area contributed by atoms with Gasteiger partial charge in [0, 0.05) is 37.2 Å². The van der Waals surface area contributed by atoms with Crippen molar-refractivity contribution in [3.8, 4) is 11.5 Å². The predicted molar refractivity (Wildman–Crippen MR) is 115 cm³/mol. The first kappa shape index (κ1) is 20.8. The molecular formula is C24H32N2O4. The third-order valence-electron chi connectivity index (χ3n) is 6.62. The second-order valence-corrected chi connectivity index (χ2v) is 8.77. The first-order valence-corrected chi connectivity index (χ1v) is 10.7. The summed E-state index contributed by atoms with van der Waals surface area (Å²) in [5.74, 6) is 3.20. The van der Waals surface area contributed by atoms with Gasteiger partial charge in [0.15, 0.2) is 11.5 Å². The van der Waals surface area contributed by atoms with Gasteiger partial charge in [-0.2, -0.15) is 0 Å². The van der Waals surface area contributed by atoms with E-state index in [1.807, 2.05) is 36.9 Å². The zero-order chi connectivity index (χ0) is 21.3. The Bertz CT molecular complexity index is 922. The average Bonchev–Trinajstić information content (AvgIpc) is 3.29. The summed E-state index contributed by atoms with van der Waals surface area (Å²) >= 11 is 0. The van der Waals surface area contributed by atoms with Crippen LogP contribution in [-0.4, -0.2) is 56.1 Å². The van der Waals surface area contributed by atoms with Gasteiger partial charge in [-0.25, -0.2) is 0 Å². The number of aryl methyl sites for hydroxylation is 2. The highest BCUT2D eigenvalue weighted by Crippen LogP contribution is 2.41. The summed E-state index contributed by atoms with van der Waals surface area (Å²) in [4.78, 5) is 17.6. The van der Waals surface area contributed by atoms with E-state index < -0.39 is 0 Å². The van der Waals surface area contributed by atoms with Crippen molar-refractivity contribution in [1.29, 1.82) is 0 Å². The van der Waals surface area contributed by atoms with E-state index >= 15 is 0 Å². The van der Waals surface area contributed by atoms with Crippen LogP contribution >= 0.6 is 0 Å². The lowest BCUT2D eigenvalue weighted by atomic mass is 9.79. The Balaban J connectivity index is 1.46. The molecule has 2 aliphatic heterocycles. The highest BCUT2D eigenvalue weighted by atomic mass is 16.5. The number of likely N-dealkylation sites (tertiary alicyclic amines) is 2. The monoisotopic (exact) mass is 412 g/mol. The molecule has 2 saturated heterocycles. The molecule has 1 aromatic carbocycles. The van der Waals surface area contributed by atoms with Crippen LogP contribution in [0, 0.1) is 19.3 Å². The second-order valence-electron chi connectivity index (χ2n) is 8.77. The van der Waals surface area contributed by atoms with Gasteiger partial charge in [0.05, 0.1) is 19.8 Å². The average molecular weight is 413 g/mol. The van der Waals surface area contributed by atoms with Crippen molar-refractivity contribution in [2.24, 2.45) is 5.41 Å². The normalized spacial score (nSPS) is 21.9. The fraction of sp³-hybridized carbons (Fsp3) is 0.542. The summed E-state index contributed by atoms with van der Waals surface area (Å²) in [7, 11) is 3.37. The molecule has 2 fully saturated rings. The number of hydrogen-bond acceptors (Lipinski definition) is 5. The summed E-state index contributed by atoms with van der Waals surface area (Å²) in [6.07, 6.45) is 3.38. The number of methoxy groups -OCH3 is 2. The zero-order valence-corrected chi connectivity index (χ0v) is 18.5. The van der Waals surface area contributed by atoms with E-state index in [4.69, 9.17) is 13.9 Å². The fourth-order valence-corrected chi connectivity index (χ4v) is 5.22. The molecule has 1 atom stereocenters. The van der Waals surface area contributed by atoms with Gasteiger partial charge in [-0.15, -0.1) is 0 Å². The Hall–Kier alpha value is -2.47. The van der Waals surface area contributed by atoms with E-state index in [9.17, 15) is 4.79 Å². The van der Waals surface area contributed by atoms with E-state index in [1.54, 1.807) is 14.2 Å². The van der Waals surface area contributed by atoms with Crippen molar-refractivity contribution >= 4 is 5.91 Å². The molecule has 0 aliphatic carbocycles. The Labute approximate surface area is 178 Å². The molecule has 0 unspecified atom stereocenters. The predicted octanol–water partition coefficient (Wildman–Crippen LogP) is 4.04. The van der Waals surface area contributed by atoms with Crippen molar-refractivity contribution in [2.75, 3.05) is 40.4 Å². The Morgan fingerprint density at radius 2 is 1.97 bits per heavy atom. The molecule has 1 spiro atoms. The van der Waals surface area contributed by atoms with Gasteiger partial charge in [-0.05, 0) is 51.8 Å². The summed E-state index contributed by atoms with van der Waals surface area (Å²) < 4.78 is 16.7. The number of furan rings is 1. The van der Waals surface area contributed by atoms with Crippen LogP contribution in [0.1, 0.15) is 46.7 Å². The SMILES string of the molecule is COc1cccc(CN2CCC[C@]3(CCN(C(=O)c4cc(C)oc4C)C3)C2)c1OC. The summed E-state index contributed by atoms with van der Waals surface area (Å²) in [6, 6.07) is 7.92. The number of ether oxygens (including phenoxy) is 2. The quantitative estimate of drug-likeness (QED) is 0.742. The van der Waals surface area contributed by atoms with Crippen LogP contribution in [-0.2, 0) is 6.54 Å². The standard InChI is InChI=1S/C24H32N2O4/c1-17-13-20(18(2)30-17)23(27)26-12-10-24(16-26)9-6-11-25(15-24)14-19-7-5-8-21(28-3)22(19)29-4/h5,7-8,13H,6,9-12,14-16H2,1-4H3/t24-/m0/s1. The smallest absolute Gasteiger partial charge is 0.257 e. The Morgan fingerprint density at radius 1 is 1.13 bits per heavy atom. The van der Waals surface area contributed by atoms with Gasteiger partial charge in [-0.1, -0.05) is 12.1 Å². The maximum atomic E-state index is 13.1. The number of para-hydroxylation sites is 1. The lowest BCUT2D eigenvalue weighted by Gasteiger charge is -2.40. The van der Waals surface area contributed by atoms with Crippen LogP contribution in [0.3, 0.4) is 0 Å². The van der Waals surface area contributed by atoms with Crippen LogP contribution in [0.25, 0.3) is 0 Å². The van der Waals surface area contributed by atoms with E-state index in [2.05, 4.69) is 11.0 Å². The number of amides is 1. The molecule has 6 nitrogen and oxygen atoms in total. The van der Waals surface area contributed by atoms with Crippen LogP contribution in [0.2, 0.25) is 0 Å². The van der Waals surface area contributed by atoms with E-state index in [0.717, 1.165) is 68.4 Å². The molecule has 1 aromatic heterocycles. The summed E-state index contributed by atoms with van der Waals surface area (Å²) in [6.45, 7) is 8.30. The molecule has 0 bridgehead atoms. The lowest BCUT2D eigenvalue weighted by Crippen LogP contribution is -2.45. The van der Waals surface area contributed by atoms with Crippen molar-refractivity contribution in [2.45, 2.75) is 39.7 Å². The molecule has 4 rings (SSSR count). The molecule has 0 N–H and O–H groups in total. The third-order valence-corrected chi connectivity index (χ3v) is 6.62. The maximum Gasteiger partial charge on any atom is 0.257 e. The topological polar surface area (TPSA) is 55.2 Å². The summed E-state index contributed by atoms with van der Waals surface area (Å²) in [5.41, 5.74) is 2.02.